The fourth-order valence-electron chi connectivity index (χ4n) is 4.17. The van der Waals surface area contributed by atoms with Crippen molar-refractivity contribution in [3.63, 3.8) is 0 Å². The van der Waals surface area contributed by atoms with Crippen LogP contribution in [0.2, 0.25) is 0 Å². The van der Waals surface area contributed by atoms with Crippen LogP contribution in [0, 0.1) is 0 Å². The minimum absolute atomic E-state index is 0.214. The van der Waals surface area contributed by atoms with Gasteiger partial charge in [-0.05, 0) is 37.7 Å². The molecule has 0 unspecified atom stereocenters. The van der Waals surface area contributed by atoms with Gasteiger partial charge in [0.15, 0.2) is 0 Å². The molecular weight excluding hydrogens is 422 g/mol. The van der Waals surface area contributed by atoms with Crippen molar-refractivity contribution in [3.8, 4) is 0 Å². The first-order valence-electron chi connectivity index (χ1n) is 13.9. The second-order valence-corrected chi connectivity index (χ2v) is 9.50. The summed E-state index contributed by atoms with van der Waals surface area (Å²) in [6.45, 7) is 0.812. The maximum absolute atomic E-state index is 11.9. The van der Waals surface area contributed by atoms with Crippen molar-refractivity contribution >= 4 is 18.0 Å². The minimum Gasteiger partial charge on any atom is -0.481 e. The van der Waals surface area contributed by atoms with Crippen LogP contribution in [0.15, 0.2) is 36.4 Å². The zero-order chi connectivity index (χ0) is 24.5. The Balaban J connectivity index is 1.75. The molecule has 2 N–H and O–H groups in total. The SMILES string of the molecule is O=C(O)CCCCCCCCCCCNC(=O)CCCCCCCCC/C=C/c1ccccc1. The molecule has 0 aliphatic rings. The smallest absolute Gasteiger partial charge is 0.303 e. The van der Waals surface area contributed by atoms with Gasteiger partial charge >= 0.3 is 5.97 Å². The van der Waals surface area contributed by atoms with E-state index in [4.69, 9.17) is 5.11 Å². The average Bonchev–Trinajstić information content (AvgIpc) is 2.83. The monoisotopic (exact) mass is 471 g/mol. The second kappa shape index (κ2) is 22.7. The molecule has 0 saturated heterocycles. The predicted octanol–water partition coefficient (Wildman–Crippen LogP) is 8.31. The van der Waals surface area contributed by atoms with Crippen molar-refractivity contribution < 1.29 is 14.7 Å². The average molecular weight is 472 g/mol. The number of nitrogens with one attached hydrogen (secondary N) is 1. The van der Waals surface area contributed by atoms with Gasteiger partial charge in [-0.2, -0.15) is 0 Å². The van der Waals surface area contributed by atoms with Crippen LogP contribution < -0.4 is 5.32 Å². The van der Waals surface area contributed by atoms with Gasteiger partial charge in [0.1, 0.15) is 0 Å². The summed E-state index contributed by atoms with van der Waals surface area (Å²) in [6, 6.07) is 10.5. The Morgan fingerprint density at radius 1 is 0.647 bits per heavy atom. The van der Waals surface area contributed by atoms with Crippen LogP contribution in [0.1, 0.15) is 128 Å². The zero-order valence-corrected chi connectivity index (χ0v) is 21.4. The quantitative estimate of drug-likeness (QED) is 0.158. The largest absolute Gasteiger partial charge is 0.481 e. The van der Waals surface area contributed by atoms with E-state index in [0.717, 1.165) is 51.5 Å². The molecule has 1 aromatic carbocycles. The first-order chi connectivity index (χ1) is 16.7. The normalized spacial score (nSPS) is 11.2. The number of hydrogen-bond acceptors (Lipinski definition) is 2. The molecular formula is C30H49NO3. The van der Waals surface area contributed by atoms with Crippen LogP contribution in [0.4, 0.5) is 0 Å². The van der Waals surface area contributed by atoms with Gasteiger partial charge in [0.2, 0.25) is 5.91 Å². The van der Waals surface area contributed by atoms with Crippen LogP contribution in [0.25, 0.3) is 6.08 Å². The maximum atomic E-state index is 11.9. The Kier molecular flexibility index (Phi) is 20.0. The molecule has 0 aromatic heterocycles. The number of carbonyl (C=O) groups is 2. The van der Waals surface area contributed by atoms with Crippen LogP contribution >= 0.6 is 0 Å². The number of carboxylic acids is 1. The number of carboxylic acid groups (broad SMARTS) is 1. The van der Waals surface area contributed by atoms with Gasteiger partial charge in [-0.3, -0.25) is 9.59 Å². The molecule has 0 aliphatic heterocycles. The van der Waals surface area contributed by atoms with Gasteiger partial charge < -0.3 is 10.4 Å². The standard InChI is InChI=1S/C30H49NO3/c32-29(31-27-21-14-10-6-2-5-9-13-20-26-30(33)34)25-19-12-8-4-1-3-7-11-16-22-28-23-17-15-18-24-28/h15-18,22-24H,1-14,19-21,25-27H2,(H,31,32)(H,33,34)/b22-16+. The van der Waals surface area contributed by atoms with Gasteiger partial charge in [-0.15, -0.1) is 0 Å². The number of rotatable bonds is 23. The molecule has 0 heterocycles. The summed E-state index contributed by atoms with van der Waals surface area (Å²) in [5.41, 5.74) is 1.28. The van der Waals surface area contributed by atoms with Gasteiger partial charge in [0.25, 0.3) is 0 Å². The zero-order valence-electron chi connectivity index (χ0n) is 21.4. The Bertz CT molecular complexity index is 642. The van der Waals surface area contributed by atoms with E-state index in [1.165, 1.54) is 69.8 Å². The number of carbonyl (C=O) groups excluding carboxylic acids is 1. The third-order valence-electron chi connectivity index (χ3n) is 6.27. The molecule has 0 fully saturated rings. The van der Waals surface area contributed by atoms with Crippen molar-refractivity contribution in [2.45, 2.75) is 122 Å². The summed E-state index contributed by atoms with van der Waals surface area (Å²) in [4.78, 5) is 22.4. The molecule has 0 aliphatic carbocycles. The Morgan fingerprint density at radius 2 is 1.15 bits per heavy atom. The highest BCUT2D eigenvalue weighted by Crippen LogP contribution is 2.12. The molecule has 1 amide bonds. The van der Waals surface area contributed by atoms with Crippen molar-refractivity contribution in [2.75, 3.05) is 6.54 Å². The number of hydrogen-bond donors (Lipinski definition) is 2. The van der Waals surface area contributed by atoms with E-state index in [9.17, 15) is 9.59 Å². The number of allylic oxidation sites excluding steroid dienone is 1. The molecule has 4 nitrogen and oxygen atoms in total. The fourth-order valence-corrected chi connectivity index (χ4v) is 4.17. The van der Waals surface area contributed by atoms with E-state index in [-0.39, 0.29) is 5.91 Å². The van der Waals surface area contributed by atoms with E-state index in [1.54, 1.807) is 0 Å². The van der Waals surface area contributed by atoms with E-state index >= 15 is 0 Å². The summed E-state index contributed by atoms with van der Waals surface area (Å²) in [5, 5.41) is 11.7. The van der Waals surface area contributed by atoms with Crippen LogP contribution in [0.3, 0.4) is 0 Å². The number of amides is 1. The third kappa shape index (κ3) is 20.5. The molecule has 0 radical (unpaired) electrons. The van der Waals surface area contributed by atoms with Crippen molar-refractivity contribution in [1.82, 2.24) is 5.32 Å². The Labute approximate surface area is 208 Å². The maximum Gasteiger partial charge on any atom is 0.303 e. The topological polar surface area (TPSA) is 66.4 Å². The first kappa shape index (κ1) is 29.9. The number of benzene rings is 1. The summed E-state index contributed by atoms with van der Waals surface area (Å²) >= 11 is 0. The molecule has 0 atom stereocenters. The lowest BCUT2D eigenvalue weighted by Gasteiger charge is -2.06. The Hall–Kier alpha value is -2.10. The third-order valence-corrected chi connectivity index (χ3v) is 6.27. The Morgan fingerprint density at radius 3 is 1.74 bits per heavy atom. The predicted molar refractivity (Wildman–Crippen MR) is 144 cm³/mol. The molecule has 0 bridgehead atoms. The summed E-state index contributed by atoms with van der Waals surface area (Å²) in [5.74, 6) is -0.469. The van der Waals surface area contributed by atoms with Crippen molar-refractivity contribution in [3.05, 3.63) is 42.0 Å². The summed E-state index contributed by atoms with van der Waals surface area (Å²) in [6.07, 6.45) is 25.4. The highest BCUT2D eigenvalue weighted by Gasteiger charge is 2.01. The molecule has 34 heavy (non-hydrogen) atoms. The van der Waals surface area contributed by atoms with E-state index in [2.05, 4.69) is 41.7 Å². The van der Waals surface area contributed by atoms with Gasteiger partial charge in [0, 0.05) is 19.4 Å². The lowest BCUT2D eigenvalue weighted by atomic mass is 10.1. The van der Waals surface area contributed by atoms with Gasteiger partial charge in [-0.1, -0.05) is 120 Å². The minimum atomic E-state index is -0.683. The van der Waals surface area contributed by atoms with E-state index in [0.29, 0.717) is 12.8 Å². The van der Waals surface area contributed by atoms with Crippen molar-refractivity contribution in [1.29, 1.82) is 0 Å². The molecule has 0 spiro atoms. The van der Waals surface area contributed by atoms with Crippen LogP contribution in [0.5, 0.6) is 0 Å². The fraction of sp³-hybridized carbons (Fsp3) is 0.667. The molecule has 4 heteroatoms. The van der Waals surface area contributed by atoms with E-state index < -0.39 is 5.97 Å². The number of unbranched alkanes of at least 4 members (excludes halogenated alkanes) is 15. The number of aliphatic carboxylic acids is 1. The van der Waals surface area contributed by atoms with Crippen molar-refractivity contribution in [2.24, 2.45) is 0 Å². The second-order valence-electron chi connectivity index (χ2n) is 9.50. The van der Waals surface area contributed by atoms with Crippen LogP contribution in [-0.4, -0.2) is 23.5 Å². The molecule has 1 aromatic rings. The van der Waals surface area contributed by atoms with Crippen LogP contribution in [-0.2, 0) is 9.59 Å². The van der Waals surface area contributed by atoms with E-state index in [1.807, 2.05) is 6.07 Å². The lowest BCUT2D eigenvalue weighted by Crippen LogP contribution is -2.23. The lowest BCUT2D eigenvalue weighted by molar-refractivity contribution is -0.137. The van der Waals surface area contributed by atoms with Gasteiger partial charge in [-0.25, -0.2) is 0 Å². The molecule has 192 valence electrons. The summed E-state index contributed by atoms with van der Waals surface area (Å²) < 4.78 is 0. The molecule has 1 rings (SSSR count). The molecule has 0 saturated carbocycles. The van der Waals surface area contributed by atoms with Gasteiger partial charge in [0.05, 0.1) is 0 Å². The summed E-state index contributed by atoms with van der Waals surface area (Å²) in [7, 11) is 0. The highest BCUT2D eigenvalue weighted by molar-refractivity contribution is 5.75. The first-order valence-corrected chi connectivity index (χ1v) is 13.9. The highest BCUT2D eigenvalue weighted by atomic mass is 16.4.